The Morgan fingerprint density at radius 2 is 2.07 bits per heavy atom. The molecule has 0 spiro atoms. The Balaban J connectivity index is 2.17. The fraction of sp³-hybridized carbons (Fsp3) is 0.364. The number of alkyl halides is 1. The zero-order valence-corrected chi connectivity index (χ0v) is 9.57. The summed E-state index contributed by atoms with van der Waals surface area (Å²) >= 11 is 3.43. The Morgan fingerprint density at radius 1 is 1.21 bits per heavy atom. The number of hydrogen-bond donors (Lipinski definition) is 0. The van der Waals surface area contributed by atoms with Gasteiger partial charge in [0.05, 0.1) is 11.7 Å². The van der Waals surface area contributed by atoms with Crippen molar-refractivity contribution >= 4 is 26.8 Å². The highest BCUT2D eigenvalue weighted by molar-refractivity contribution is 9.09. The molecule has 0 aliphatic carbocycles. The summed E-state index contributed by atoms with van der Waals surface area (Å²) in [6.07, 6.45) is 4.31. The van der Waals surface area contributed by atoms with Crippen molar-refractivity contribution < 1.29 is 0 Å². The second-order valence-electron chi connectivity index (χ2n) is 3.32. The van der Waals surface area contributed by atoms with Crippen molar-refractivity contribution in [2.75, 3.05) is 5.33 Å². The monoisotopic (exact) mass is 252 g/mol. The largest absolute Gasteiger partial charge is 0.265 e. The van der Waals surface area contributed by atoms with Crippen LogP contribution in [0.4, 0.5) is 0 Å². The molecular weight excluding hydrogens is 240 g/mol. The quantitative estimate of drug-likeness (QED) is 0.604. The lowest BCUT2D eigenvalue weighted by atomic mass is 10.2. The molecule has 0 bridgehead atoms. The Labute approximate surface area is 92.0 Å². The molecule has 0 aliphatic heterocycles. The lowest BCUT2D eigenvalue weighted by molar-refractivity contribution is 0.591. The van der Waals surface area contributed by atoms with Gasteiger partial charge in [0.1, 0.15) is 0 Å². The van der Waals surface area contributed by atoms with Crippen LogP contribution < -0.4 is 0 Å². The molecule has 0 amide bonds. The molecule has 0 unspecified atom stereocenters. The minimum absolute atomic E-state index is 1.01. The van der Waals surface area contributed by atoms with E-state index in [4.69, 9.17) is 0 Å². The zero-order valence-electron chi connectivity index (χ0n) is 7.99. The van der Waals surface area contributed by atoms with Crippen LogP contribution in [0.15, 0.2) is 30.5 Å². The molecule has 2 rings (SSSR count). The van der Waals surface area contributed by atoms with Crippen LogP contribution in [0.3, 0.4) is 0 Å². The number of benzene rings is 1. The molecule has 0 fully saturated rings. The fourth-order valence-electron chi connectivity index (χ4n) is 1.56. The third-order valence-corrected chi connectivity index (χ3v) is 2.87. The minimum Gasteiger partial charge on any atom is -0.265 e. The smallest absolute Gasteiger partial charge is 0.0682 e. The number of aromatic nitrogens is 2. The highest BCUT2D eigenvalue weighted by Crippen LogP contribution is 2.13. The average Bonchev–Trinajstić information content (AvgIpc) is 2.63. The summed E-state index contributed by atoms with van der Waals surface area (Å²) in [4.78, 5) is 0. The van der Waals surface area contributed by atoms with E-state index in [-0.39, 0.29) is 0 Å². The van der Waals surface area contributed by atoms with Crippen LogP contribution in [-0.2, 0) is 6.54 Å². The molecule has 2 aromatic rings. The van der Waals surface area contributed by atoms with E-state index in [2.05, 4.69) is 43.9 Å². The van der Waals surface area contributed by atoms with Gasteiger partial charge in [-0.3, -0.25) is 4.68 Å². The van der Waals surface area contributed by atoms with Crippen LogP contribution in [0, 0.1) is 0 Å². The number of halogens is 1. The Morgan fingerprint density at radius 3 is 2.93 bits per heavy atom. The van der Waals surface area contributed by atoms with E-state index in [0.29, 0.717) is 0 Å². The third kappa shape index (κ3) is 1.98. The van der Waals surface area contributed by atoms with Crippen molar-refractivity contribution in [3.8, 4) is 0 Å². The van der Waals surface area contributed by atoms with Gasteiger partial charge in [0.25, 0.3) is 0 Å². The van der Waals surface area contributed by atoms with Gasteiger partial charge in [-0.2, -0.15) is 5.10 Å². The van der Waals surface area contributed by atoms with Crippen molar-refractivity contribution in [2.45, 2.75) is 19.4 Å². The summed E-state index contributed by atoms with van der Waals surface area (Å²) < 4.78 is 2.08. The van der Waals surface area contributed by atoms with E-state index >= 15 is 0 Å². The van der Waals surface area contributed by atoms with Crippen molar-refractivity contribution in [1.82, 2.24) is 9.78 Å². The molecule has 3 heteroatoms. The molecule has 1 heterocycles. The minimum atomic E-state index is 1.01. The molecule has 2 nitrogen and oxygen atoms in total. The van der Waals surface area contributed by atoms with E-state index in [9.17, 15) is 0 Å². The molecule has 0 atom stereocenters. The molecule has 0 aliphatic rings. The Hall–Kier alpha value is -0.830. The number of aryl methyl sites for hydroxylation is 1. The van der Waals surface area contributed by atoms with Gasteiger partial charge >= 0.3 is 0 Å². The van der Waals surface area contributed by atoms with Crippen LogP contribution in [-0.4, -0.2) is 15.1 Å². The van der Waals surface area contributed by atoms with Gasteiger partial charge in [-0.1, -0.05) is 34.1 Å². The van der Waals surface area contributed by atoms with Gasteiger partial charge in [0.2, 0.25) is 0 Å². The number of unbranched alkanes of at least 4 members (excludes halogenated alkanes) is 1. The molecule has 0 N–H and O–H groups in total. The Kier molecular flexibility index (Phi) is 3.19. The number of para-hydroxylation sites is 1. The maximum Gasteiger partial charge on any atom is 0.0682 e. The summed E-state index contributed by atoms with van der Waals surface area (Å²) in [5, 5.41) is 6.67. The maximum atomic E-state index is 4.37. The molecule has 0 radical (unpaired) electrons. The van der Waals surface area contributed by atoms with E-state index < -0.39 is 0 Å². The second-order valence-corrected chi connectivity index (χ2v) is 4.12. The molecule has 1 aromatic heterocycles. The molecule has 0 saturated heterocycles. The van der Waals surface area contributed by atoms with Crippen LogP contribution in [0.1, 0.15) is 12.8 Å². The van der Waals surface area contributed by atoms with Gasteiger partial charge in [0.15, 0.2) is 0 Å². The third-order valence-electron chi connectivity index (χ3n) is 2.30. The highest BCUT2D eigenvalue weighted by Gasteiger charge is 1.99. The summed E-state index contributed by atoms with van der Waals surface area (Å²) in [6.45, 7) is 1.01. The fourth-order valence-corrected chi connectivity index (χ4v) is 1.96. The summed E-state index contributed by atoms with van der Waals surface area (Å²) in [5.74, 6) is 0. The molecular formula is C11H13BrN2. The number of rotatable bonds is 4. The van der Waals surface area contributed by atoms with Crippen molar-refractivity contribution in [3.05, 3.63) is 30.5 Å². The van der Waals surface area contributed by atoms with Gasteiger partial charge in [-0.05, 0) is 18.9 Å². The molecule has 1 aromatic carbocycles. The number of nitrogens with zero attached hydrogens (tertiary/aromatic N) is 2. The summed E-state index contributed by atoms with van der Waals surface area (Å²) in [6, 6.07) is 8.33. The number of fused-ring (bicyclic) bond motifs is 1. The lowest BCUT2D eigenvalue weighted by Crippen LogP contribution is -1.99. The van der Waals surface area contributed by atoms with Gasteiger partial charge < -0.3 is 0 Å². The molecule has 0 saturated carbocycles. The standard InChI is InChI=1S/C11H13BrN2/c12-7-3-4-8-14-11-6-2-1-5-10(11)9-13-14/h1-2,5-6,9H,3-4,7-8H2. The first kappa shape index (κ1) is 9.71. The van der Waals surface area contributed by atoms with Crippen molar-refractivity contribution in [1.29, 1.82) is 0 Å². The summed E-state index contributed by atoms with van der Waals surface area (Å²) in [7, 11) is 0. The summed E-state index contributed by atoms with van der Waals surface area (Å²) in [5.41, 5.74) is 1.24. The van der Waals surface area contributed by atoms with Crippen LogP contribution in [0.2, 0.25) is 0 Å². The topological polar surface area (TPSA) is 17.8 Å². The second kappa shape index (κ2) is 4.60. The predicted octanol–water partition coefficient (Wildman–Crippen LogP) is 3.21. The number of hydrogen-bond acceptors (Lipinski definition) is 1. The highest BCUT2D eigenvalue weighted by atomic mass is 79.9. The predicted molar refractivity (Wildman–Crippen MR) is 62.8 cm³/mol. The first-order chi connectivity index (χ1) is 6.92. The first-order valence-corrected chi connectivity index (χ1v) is 6.00. The molecule has 74 valence electrons. The van der Waals surface area contributed by atoms with E-state index in [1.54, 1.807) is 0 Å². The van der Waals surface area contributed by atoms with Gasteiger partial charge in [-0.15, -0.1) is 0 Å². The van der Waals surface area contributed by atoms with Gasteiger partial charge in [-0.25, -0.2) is 0 Å². The Bertz CT molecular complexity index is 408. The SMILES string of the molecule is BrCCCCn1ncc2ccccc21. The maximum absolute atomic E-state index is 4.37. The normalized spacial score (nSPS) is 10.9. The van der Waals surface area contributed by atoms with E-state index in [1.165, 1.54) is 23.7 Å². The van der Waals surface area contributed by atoms with E-state index in [1.807, 2.05) is 12.3 Å². The first-order valence-electron chi connectivity index (χ1n) is 4.88. The van der Waals surface area contributed by atoms with Crippen LogP contribution >= 0.6 is 15.9 Å². The molecule has 14 heavy (non-hydrogen) atoms. The van der Waals surface area contributed by atoms with Crippen molar-refractivity contribution in [3.63, 3.8) is 0 Å². The van der Waals surface area contributed by atoms with Crippen molar-refractivity contribution in [2.24, 2.45) is 0 Å². The van der Waals surface area contributed by atoms with E-state index in [0.717, 1.165) is 11.9 Å². The lowest BCUT2D eigenvalue weighted by Gasteiger charge is -2.01. The average molecular weight is 253 g/mol. The van der Waals surface area contributed by atoms with Gasteiger partial charge in [0, 0.05) is 17.3 Å². The van der Waals surface area contributed by atoms with Crippen LogP contribution in [0.5, 0.6) is 0 Å². The van der Waals surface area contributed by atoms with Crippen LogP contribution in [0.25, 0.3) is 10.9 Å². The zero-order chi connectivity index (χ0) is 9.80.